The van der Waals surface area contributed by atoms with Crippen LogP contribution in [0.5, 0.6) is 0 Å². The number of rotatable bonds is 8. The van der Waals surface area contributed by atoms with Gasteiger partial charge in [0.1, 0.15) is 7.85 Å². The quantitative estimate of drug-likeness (QED) is 0.481. The van der Waals surface area contributed by atoms with Gasteiger partial charge in [0.15, 0.2) is 0 Å². The molecule has 0 aromatic heterocycles. The summed E-state index contributed by atoms with van der Waals surface area (Å²) in [6.45, 7) is 7.97. The summed E-state index contributed by atoms with van der Waals surface area (Å²) in [5.74, 6) is -0.552. The SMILES string of the molecule is BC(C)(C)CC(F)(F)OC(F)(F)C(F)(F)OC(C)(C)C(C)C. The minimum Gasteiger partial charge on any atom is -0.307 e. The van der Waals surface area contributed by atoms with Crippen LogP contribution in [0, 0.1) is 5.92 Å². The highest BCUT2D eigenvalue weighted by molar-refractivity contribution is 6.14. The van der Waals surface area contributed by atoms with Crippen LogP contribution in [0.2, 0.25) is 5.31 Å². The predicted molar refractivity (Wildman–Crippen MR) is 73.1 cm³/mol. The standard InChI is InChI=1S/C13H23BF6O2/c1-8(2)10(5,6)21-12(17,18)13(19,20)22-11(15,16)7-9(3,4)14/h8H,7,14H2,1-6H3. The van der Waals surface area contributed by atoms with Gasteiger partial charge in [-0.3, -0.25) is 0 Å². The fraction of sp³-hybridized carbons (Fsp3) is 1.00. The molecule has 0 bridgehead atoms. The summed E-state index contributed by atoms with van der Waals surface area (Å²) in [5.41, 5.74) is -1.66. The molecule has 0 aliphatic heterocycles. The molecule has 2 nitrogen and oxygen atoms in total. The summed E-state index contributed by atoms with van der Waals surface area (Å²) in [6, 6.07) is 0. The van der Waals surface area contributed by atoms with Crippen LogP contribution in [0.4, 0.5) is 26.3 Å². The smallest absolute Gasteiger partial charge is 0.307 e. The molecule has 132 valence electrons. The minimum absolute atomic E-state index is 0.552. The van der Waals surface area contributed by atoms with Gasteiger partial charge in [0, 0.05) is 6.42 Å². The minimum atomic E-state index is -5.46. The number of halogens is 6. The molecule has 0 fully saturated rings. The first-order chi connectivity index (χ1) is 9.31. The summed E-state index contributed by atoms with van der Waals surface area (Å²) in [7, 11) is 1.35. The van der Waals surface area contributed by atoms with Gasteiger partial charge in [-0.15, -0.1) is 0 Å². The first kappa shape index (κ1) is 21.6. The lowest BCUT2D eigenvalue weighted by Crippen LogP contribution is -2.53. The van der Waals surface area contributed by atoms with Crippen LogP contribution < -0.4 is 0 Å². The van der Waals surface area contributed by atoms with Crippen molar-refractivity contribution < 1.29 is 35.8 Å². The van der Waals surface area contributed by atoms with E-state index in [0.29, 0.717) is 0 Å². The van der Waals surface area contributed by atoms with Crippen LogP contribution in [-0.4, -0.2) is 31.8 Å². The third-order valence-corrected chi connectivity index (χ3v) is 3.13. The van der Waals surface area contributed by atoms with Crippen molar-refractivity contribution >= 4 is 7.85 Å². The van der Waals surface area contributed by atoms with Gasteiger partial charge in [-0.2, -0.15) is 26.3 Å². The van der Waals surface area contributed by atoms with E-state index in [1.54, 1.807) is 0 Å². The van der Waals surface area contributed by atoms with E-state index < -0.39 is 41.6 Å². The molecule has 22 heavy (non-hydrogen) atoms. The molecule has 0 heterocycles. The number of hydrogen-bond acceptors (Lipinski definition) is 2. The highest BCUT2D eigenvalue weighted by atomic mass is 19.3. The Morgan fingerprint density at radius 2 is 1.18 bits per heavy atom. The van der Waals surface area contributed by atoms with Gasteiger partial charge in [-0.05, 0) is 19.8 Å². The number of hydrogen-bond donors (Lipinski definition) is 0. The van der Waals surface area contributed by atoms with E-state index in [2.05, 4.69) is 9.47 Å². The van der Waals surface area contributed by atoms with Crippen LogP contribution in [0.25, 0.3) is 0 Å². The molecular formula is C13H23BF6O2. The maximum Gasteiger partial charge on any atom is 0.452 e. The largest absolute Gasteiger partial charge is 0.452 e. The molecule has 0 aliphatic carbocycles. The van der Waals surface area contributed by atoms with Crippen LogP contribution in [0.1, 0.15) is 48.0 Å². The molecule has 0 N–H and O–H groups in total. The Balaban J connectivity index is 5.20. The van der Waals surface area contributed by atoms with Crippen LogP contribution >= 0.6 is 0 Å². The highest BCUT2D eigenvalue weighted by Crippen LogP contribution is 2.46. The number of alkyl halides is 6. The Bertz CT molecular complexity index is 377. The average Bonchev–Trinajstić information content (AvgIpc) is 2.07. The zero-order chi connectivity index (χ0) is 18.2. The monoisotopic (exact) mass is 336 g/mol. The van der Waals surface area contributed by atoms with E-state index in [0.717, 1.165) is 13.8 Å². The molecule has 0 aromatic carbocycles. The van der Waals surface area contributed by atoms with Crippen LogP contribution in [0.15, 0.2) is 0 Å². The van der Waals surface area contributed by atoms with Crippen molar-refractivity contribution in [2.75, 3.05) is 0 Å². The van der Waals surface area contributed by atoms with Crippen molar-refractivity contribution in [3.8, 4) is 0 Å². The zero-order valence-electron chi connectivity index (χ0n) is 13.9. The molecular weight excluding hydrogens is 313 g/mol. The Morgan fingerprint density at radius 1 is 0.818 bits per heavy atom. The molecule has 0 atom stereocenters. The average molecular weight is 336 g/mol. The topological polar surface area (TPSA) is 18.5 Å². The Kier molecular flexibility index (Phi) is 6.10. The van der Waals surface area contributed by atoms with Crippen molar-refractivity contribution in [3.05, 3.63) is 0 Å². The molecule has 0 amide bonds. The summed E-state index contributed by atoms with van der Waals surface area (Å²) in [6.07, 6.45) is -16.2. The van der Waals surface area contributed by atoms with Gasteiger partial charge in [0.2, 0.25) is 0 Å². The summed E-state index contributed by atoms with van der Waals surface area (Å²) < 4.78 is 88.3. The Hall–Kier alpha value is -0.435. The van der Waals surface area contributed by atoms with E-state index >= 15 is 0 Å². The van der Waals surface area contributed by atoms with Crippen molar-refractivity contribution in [2.24, 2.45) is 5.92 Å². The number of ether oxygens (including phenoxy) is 2. The maximum absolute atomic E-state index is 13.6. The normalized spacial score (nSPS) is 15.5. The molecule has 0 spiro atoms. The van der Waals surface area contributed by atoms with Crippen LogP contribution in [-0.2, 0) is 9.47 Å². The highest BCUT2D eigenvalue weighted by Gasteiger charge is 2.66. The summed E-state index contributed by atoms with van der Waals surface area (Å²) >= 11 is 0. The van der Waals surface area contributed by atoms with Gasteiger partial charge >= 0.3 is 18.3 Å². The van der Waals surface area contributed by atoms with Gasteiger partial charge in [-0.1, -0.05) is 33.0 Å². The second-order valence-electron chi connectivity index (χ2n) is 7.37. The van der Waals surface area contributed by atoms with Crippen molar-refractivity contribution in [3.63, 3.8) is 0 Å². The lowest BCUT2D eigenvalue weighted by atomic mass is 9.70. The predicted octanol–water partition coefficient (Wildman–Crippen LogP) is 4.45. The molecule has 0 rings (SSSR count). The molecule has 0 saturated heterocycles. The van der Waals surface area contributed by atoms with Gasteiger partial charge in [0.05, 0.1) is 5.60 Å². The lowest BCUT2D eigenvalue weighted by Gasteiger charge is -2.37. The van der Waals surface area contributed by atoms with E-state index in [1.165, 1.54) is 35.5 Å². The summed E-state index contributed by atoms with van der Waals surface area (Å²) in [4.78, 5) is 0. The molecule has 0 unspecified atom stereocenters. The van der Waals surface area contributed by atoms with Crippen molar-refractivity contribution in [1.82, 2.24) is 0 Å². The fourth-order valence-corrected chi connectivity index (χ4v) is 1.41. The lowest BCUT2D eigenvalue weighted by molar-refractivity contribution is -0.494. The summed E-state index contributed by atoms with van der Waals surface area (Å²) in [5, 5.41) is -1.09. The zero-order valence-corrected chi connectivity index (χ0v) is 13.9. The van der Waals surface area contributed by atoms with E-state index in [1.807, 2.05) is 0 Å². The first-order valence-corrected chi connectivity index (χ1v) is 6.85. The molecule has 0 radical (unpaired) electrons. The van der Waals surface area contributed by atoms with E-state index in [9.17, 15) is 26.3 Å². The van der Waals surface area contributed by atoms with E-state index in [4.69, 9.17) is 0 Å². The van der Waals surface area contributed by atoms with E-state index in [-0.39, 0.29) is 0 Å². The van der Waals surface area contributed by atoms with Crippen molar-refractivity contribution in [1.29, 1.82) is 0 Å². The maximum atomic E-state index is 13.6. The molecule has 0 aliphatic rings. The first-order valence-electron chi connectivity index (χ1n) is 6.85. The fourth-order valence-electron chi connectivity index (χ4n) is 1.41. The molecule has 0 aromatic rings. The third-order valence-electron chi connectivity index (χ3n) is 3.13. The van der Waals surface area contributed by atoms with Gasteiger partial charge in [0.25, 0.3) is 0 Å². The van der Waals surface area contributed by atoms with Crippen LogP contribution in [0.3, 0.4) is 0 Å². The second-order valence-corrected chi connectivity index (χ2v) is 7.37. The second kappa shape index (κ2) is 6.22. The Morgan fingerprint density at radius 3 is 1.50 bits per heavy atom. The van der Waals surface area contributed by atoms with Gasteiger partial charge < -0.3 is 4.74 Å². The Labute approximate surface area is 127 Å². The van der Waals surface area contributed by atoms with Crippen molar-refractivity contribution in [2.45, 2.75) is 77.2 Å². The molecule has 9 heteroatoms. The van der Waals surface area contributed by atoms with Gasteiger partial charge in [-0.25, -0.2) is 4.74 Å². The third kappa shape index (κ3) is 6.36. The molecule has 0 saturated carbocycles.